The average Bonchev–Trinajstić information content (AvgIpc) is 2.60. The second-order valence-electron chi connectivity index (χ2n) is 3.18. The van der Waals surface area contributed by atoms with Crippen molar-refractivity contribution >= 4 is 17.3 Å². The van der Waals surface area contributed by atoms with E-state index in [2.05, 4.69) is 5.38 Å². The van der Waals surface area contributed by atoms with Crippen LogP contribution in [-0.2, 0) is 17.6 Å². The van der Waals surface area contributed by atoms with Crippen molar-refractivity contribution in [3.05, 3.63) is 21.4 Å². The van der Waals surface area contributed by atoms with Crippen molar-refractivity contribution in [2.45, 2.75) is 25.7 Å². The van der Waals surface area contributed by atoms with E-state index in [-0.39, 0.29) is 5.97 Å². The molecule has 69 valence electrons. The van der Waals surface area contributed by atoms with Gasteiger partial charge in [0.05, 0.1) is 18.1 Å². The molecule has 0 atom stereocenters. The van der Waals surface area contributed by atoms with Gasteiger partial charge >= 0.3 is 5.97 Å². The van der Waals surface area contributed by atoms with Crippen LogP contribution in [0.2, 0.25) is 0 Å². The van der Waals surface area contributed by atoms with Crippen molar-refractivity contribution in [1.82, 2.24) is 0 Å². The minimum Gasteiger partial charge on any atom is -0.465 e. The molecule has 1 radical (unpaired) electrons. The number of hydrogen-bond donors (Lipinski definition) is 0. The molecule has 2 rings (SSSR count). The number of methoxy groups -OCH3 is 1. The molecule has 0 N–H and O–H groups in total. The van der Waals surface area contributed by atoms with Crippen LogP contribution in [0.3, 0.4) is 0 Å². The Labute approximate surface area is 81.5 Å². The molecule has 0 saturated carbocycles. The number of thiophene rings is 1. The molecule has 0 fully saturated rings. The third-order valence-corrected chi connectivity index (χ3v) is 3.39. The molecule has 0 aliphatic heterocycles. The maximum absolute atomic E-state index is 11.3. The minimum atomic E-state index is -0.237. The molecule has 1 aromatic heterocycles. The molecule has 1 aliphatic rings. The zero-order chi connectivity index (χ0) is 9.26. The van der Waals surface area contributed by atoms with Crippen LogP contribution in [0, 0.1) is 5.38 Å². The third kappa shape index (κ3) is 1.48. The van der Waals surface area contributed by atoms with E-state index < -0.39 is 0 Å². The van der Waals surface area contributed by atoms with E-state index in [1.54, 1.807) is 11.3 Å². The third-order valence-electron chi connectivity index (χ3n) is 2.38. The largest absolute Gasteiger partial charge is 0.465 e. The lowest BCUT2D eigenvalue weighted by atomic mass is 9.96. The van der Waals surface area contributed by atoms with E-state index in [1.807, 2.05) is 0 Å². The Morgan fingerprint density at radius 2 is 2.23 bits per heavy atom. The van der Waals surface area contributed by atoms with Crippen LogP contribution in [0.4, 0.5) is 0 Å². The Balaban J connectivity index is 2.36. The highest BCUT2D eigenvalue weighted by Crippen LogP contribution is 2.29. The molecule has 0 aromatic carbocycles. The first-order valence-corrected chi connectivity index (χ1v) is 5.25. The van der Waals surface area contributed by atoms with Crippen molar-refractivity contribution in [3.8, 4) is 0 Å². The summed E-state index contributed by atoms with van der Waals surface area (Å²) in [5.41, 5.74) is 1.85. The van der Waals surface area contributed by atoms with Gasteiger partial charge in [0.1, 0.15) is 0 Å². The SMILES string of the molecule is COC(=O)c1[c]sc2c1CCCC2. The lowest BCUT2D eigenvalue weighted by molar-refractivity contribution is 0.0599. The maximum Gasteiger partial charge on any atom is 0.339 e. The Kier molecular flexibility index (Phi) is 2.36. The second-order valence-corrected chi connectivity index (χ2v) is 4.08. The number of carbonyl (C=O) groups is 1. The number of aryl methyl sites for hydroxylation is 1. The van der Waals surface area contributed by atoms with Crippen LogP contribution in [0.15, 0.2) is 0 Å². The molecule has 1 aliphatic carbocycles. The molecule has 3 heteroatoms. The Bertz CT molecular complexity index is 328. The lowest BCUT2D eigenvalue weighted by Gasteiger charge is -2.11. The zero-order valence-corrected chi connectivity index (χ0v) is 8.37. The maximum atomic E-state index is 11.3. The van der Waals surface area contributed by atoms with Crippen LogP contribution < -0.4 is 0 Å². The quantitative estimate of drug-likeness (QED) is 0.642. The fourth-order valence-electron chi connectivity index (χ4n) is 1.70. The molecule has 0 amide bonds. The van der Waals surface area contributed by atoms with Gasteiger partial charge in [0.15, 0.2) is 0 Å². The van der Waals surface area contributed by atoms with E-state index >= 15 is 0 Å². The van der Waals surface area contributed by atoms with E-state index in [4.69, 9.17) is 4.74 Å². The summed E-state index contributed by atoms with van der Waals surface area (Å²) in [6, 6.07) is 0. The van der Waals surface area contributed by atoms with Crippen LogP contribution >= 0.6 is 11.3 Å². The first-order chi connectivity index (χ1) is 6.33. The number of esters is 1. The Hall–Kier alpha value is -0.830. The van der Waals surface area contributed by atoms with Crippen molar-refractivity contribution in [1.29, 1.82) is 0 Å². The van der Waals surface area contributed by atoms with Gasteiger partial charge in [-0.1, -0.05) is 0 Å². The Morgan fingerprint density at radius 1 is 1.46 bits per heavy atom. The summed E-state index contributed by atoms with van der Waals surface area (Å²) < 4.78 is 4.70. The second kappa shape index (κ2) is 3.50. The summed E-state index contributed by atoms with van der Waals surface area (Å²) >= 11 is 1.57. The zero-order valence-electron chi connectivity index (χ0n) is 7.55. The molecule has 2 nitrogen and oxygen atoms in total. The van der Waals surface area contributed by atoms with E-state index in [1.165, 1.54) is 30.4 Å². The first kappa shape index (κ1) is 8.75. The molecule has 1 aromatic rings. The van der Waals surface area contributed by atoms with Gasteiger partial charge in [-0.2, -0.15) is 0 Å². The van der Waals surface area contributed by atoms with Gasteiger partial charge in [-0.3, -0.25) is 0 Å². The molecule has 0 spiro atoms. The van der Waals surface area contributed by atoms with Gasteiger partial charge in [-0.05, 0) is 31.2 Å². The van der Waals surface area contributed by atoms with Gasteiger partial charge in [-0.25, -0.2) is 4.79 Å². The fourth-order valence-corrected chi connectivity index (χ4v) is 2.70. The Morgan fingerprint density at radius 3 is 3.00 bits per heavy atom. The van der Waals surface area contributed by atoms with Crippen LogP contribution in [0.5, 0.6) is 0 Å². The predicted molar refractivity (Wildman–Crippen MR) is 51.1 cm³/mol. The molecule has 0 saturated heterocycles. The summed E-state index contributed by atoms with van der Waals surface area (Å²) in [7, 11) is 1.42. The monoisotopic (exact) mass is 195 g/mol. The molecule has 0 unspecified atom stereocenters. The highest BCUT2D eigenvalue weighted by Gasteiger charge is 2.20. The first-order valence-electron chi connectivity index (χ1n) is 4.43. The molecule has 13 heavy (non-hydrogen) atoms. The number of ether oxygens (including phenoxy) is 1. The smallest absolute Gasteiger partial charge is 0.339 e. The van der Waals surface area contributed by atoms with Crippen molar-refractivity contribution in [3.63, 3.8) is 0 Å². The van der Waals surface area contributed by atoms with Gasteiger partial charge in [-0.15, -0.1) is 11.3 Å². The van der Waals surface area contributed by atoms with Crippen LogP contribution in [0.1, 0.15) is 33.6 Å². The molecule has 1 heterocycles. The number of rotatable bonds is 1. The normalized spacial score (nSPS) is 15.2. The van der Waals surface area contributed by atoms with Crippen molar-refractivity contribution in [2.24, 2.45) is 0 Å². The summed E-state index contributed by atoms with van der Waals surface area (Å²) in [6.45, 7) is 0. The number of carbonyl (C=O) groups excluding carboxylic acids is 1. The molecular formula is C10H11O2S. The van der Waals surface area contributed by atoms with Crippen LogP contribution in [-0.4, -0.2) is 13.1 Å². The summed E-state index contributed by atoms with van der Waals surface area (Å²) in [6.07, 6.45) is 4.54. The molecule has 0 bridgehead atoms. The van der Waals surface area contributed by atoms with E-state index in [0.29, 0.717) is 5.56 Å². The molecular weight excluding hydrogens is 184 g/mol. The summed E-state index contributed by atoms with van der Waals surface area (Å²) in [5.74, 6) is -0.237. The summed E-state index contributed by atoms with van der Waals surface area (Å²) in [4.78, 5) is 12.6. The van der Waals surface area contributed by atoms with Crippen molar-refractivity contribution < 1.29 is 9.53 Å². The lowest BCUT2D eigenvalue weighted by Crippen LogP contribution is -2.07. The topological polar surface area (TPSA) is 26.3 Å². The number of hydrogen-bond acceptors (Lipinski definition) is 3. The average molecular weight is 195 g/mol. The van der Waals surface area contributed by atoms with Crippen LogP contribution in [0.25, 0.3) is 0 Å². The van der Waals surface area contributed by atoms with Gasteiger partial charge in [0.2, 0.25) is 0 Å². The minimum absolute atomic E-state index is 0.237. The number of fused-ring (bicyclic) bond motifs is 1. The highest BCUT2D eigenvalue weighted by molar-refractivity contribution is 7.10. The van der Waals surface area contributed by atoms with E-state index in [9.17, 15) is 4.79 Å². The van der Waals surface area contributed by atoms with Crippen molar-refractivity contribution in [2.75, 3.05) is 7.11 Å². The standard InChI is InChI=1S/C10H11O2S/c1-12-10(11)8-6-13-9-5-3-2-4-7(8)9/h2-5H2,1H3. The van der Waals surface area contributed by atoms with E-state index in [0.717, 1.165) is 12.8 Å². The summed E-state index contributed by atoms with van der Waals surface area (Å²) in [5, 5.41) is 3.03. The van der Waals surface area contributed by atoms with Gasteiger partial charge in [0.25, 0.3) is 0 Å². The van der Waals surface area contributed by atoms with Gasteiger partial charge in [0, 0.05) is 4.88 Å². The van der Waals surface area contributed by atoms with Gasteiger partial charge < -0.3 is 4.74 Å². The fraction of sp³-hybridized carbons (Fsp3) is 0.500. The predicted octanol–water partition coefficient (Wildman–Crippen LogP) is 2.21. The highest BCUT2D eigenvalue weighted by atomic mass is 32.1.